The first-order valence-electron chi connectivity index (χ1n) is 6.96. The van der Waals surface area contributed by atoms with E-state index in [1.165, 1.54) is 4.31 Å². The predicted molar refractivity (Wildman–Crippen MR) is 79.4 cm³/mol. The molecule has 1 heterocycles. The van der Waals surface area contributed by atoms with Crippen LogP contribution in [0, 0.1) is 0 Å². The summed E-state index contributed by atoms with van der Waals surface area (Å²) in [6.07, 6.45) is 2.05. The van der Waals surface area contributed by atoms with Gasteiger partial charge in [0.25, 0.3) is 0 Å². The summed E-state index contributed by atoms with van der Waals surface area (Å²) in [5.74, 6) is 0. The fraction of sp³-hybridized carbons (Fsp3) is 0.571. The molecular formula is C14H22N2O3S. The predicted octanol–water partition coefficient (Wildman–Crippen LogP) is 1.44. The fourth-order valence-electron chi connectivity index (χ4n) is 2.49. The van der Waals surface area contributed by atoms with Gasteiger partial charge in [-0.1, -0.05) is 6.07 Å². The average molecular weight is 298 g/mol. The van der Waals surface area contributed by atoms with Crippen LogP contribution in [0.3, 0.4) is 0 Å². The van der Waals surface area contributed by atoms with Gasteiger partial charge in [-0.3, -0.25) is 0 Å². The smallest absolute Gasteiger partial charge is 0.243 e. The number of fused-ring (bicyclic) bond motifs is 1. The van der Waals surface area contributed by atoms with Crippen molar-refractivity contribution in [2.24, 2.45) is 0 Å². The van der Waals surface area contributed by atoms with E-state index in [-0.39, 0.29) is 24.1 Å². The molecule has 0 atom stereocenters. The van der Waals surface area contributed by atoms with Crippen molar-refractivity contribution in [3.05, 3.63) is 23.8 Å². The molecule has 0 aliphatic carbocycles. The highest BCUT2D eigenvalue weighted by atomic mass is 32.2. The summed E-state index contributed by atoms with van der Waals surface area (Å²) in [7, 11) is -3.56. The summed E-state index contributed by atoms with van der Waals surface area (Å²) in [6.45, 7) is 4.43. The van der Waals surface area contributed by atoms with Gasteiger partial charge in [0.15, 0.2) is 0 Å². The van der Waals surface area contributed by atoms with Crippen LogP contribution in [-0.2, 0) is 16.4 Å². The van der Waals surface area contributed by atoms with Crippen molar-refractivity contribution >= 4 is 15.7 Å². The summed E-state index contributed by atoms with van der Waals surface area (Å²) >= 11 is 0. The quantitative estimate of drug-likeness (QED) is 0.863. The molecule has 1 aliphatic rings. The van der Waals surface area contributed by atoms with Gasteiger partial charge in [-0.25, -0.2) is 8.42 Å². The number of anilines is 1. The SMILES string of the molecule is CC(C)N(CCO)S(=O)(=O)c1ccc2c(c1)NCCC2. The maximum absolute atomic E-state index is 12.6. The number of hydrogen-bond acceptors (Lipinski definition) is 4. The van der Waals surface area contributed by atoms with Crippen LogP contribution in [0.15, 0.2) is 23.1 Å². The van der Waals surface area contributed by atoms with Crippen LogP contribution < -0.4 is 5.32 Å². The minimum absolute atomic E-state index is 0.116. The van der Waals surface area contributed by atoms with Gasteiger partial charge < -0.3 is 10.4 Å². The van der Waals surface area contributed by atoms with Crippen molar-refractivity contribution in [2.45, 2.75) is 37.6 Å². The summed E-state index contributed by atoms with van der Waals surface area (Å²) in [5, 5.41) is 12.3. The largest absolute Gasteiger partial charge is 0.395 e. The zero-order chi connectivity index (χ0) is 14.8. The lowest BCUT2D eigenvalue weighted by Gasteiger charge is -2.26. The van der Waals surface area contributed by atoms with E-state index >= 15 is 0 Å². The number of aliphatic hydroxyl groups excluding tert-OH is 1. The number of sulfonamides is 1. The van der Waals surface area contributed by atoms with Crippen molar-refractivity contribution in [1.82, 2.24) is 4.31 Å². The lowest BCUT2D eigenvalue weighted by Crippen LogP contribution is -2.39. The van der Waals surface area contributed by atoms with E-state index in [4.69, 9.17) is 5.11 Å². The molecule has 0 bridgehead atoms. The topological polar surface area (TPSA) is 69.6 Å². The first-order valence-corrected chi connectivity index (χ1v) is 8.40. The molecule has 0 fully saturated rings. The van der Waals surface area contributed by atoms with Gasteiger partial charge in [0.1, 0.15) is 0 Å². The molecule has 2 rings (SSSR count). The lowest BCUT2D eigenvalue weighted by atomic mass is 10.0. The van der Waals surface area contributed by atoms with Crippen LogP contribution in [0.5, 0.6) is 0 Å². The van der Waals surface area contributed by atoms with E-state index in [1.807, 2.05) is 19.9 Å². The number of nitrogens with one attached hydrogen (secondary N) is 1. The molecule has 1 aromatic carbocycles. The van der Waals surface area contributed by atoms with Gasteiger partial charge in [-0.2, -0.15) is 4.31 Å². The normalized spacial score (nSPS) is 15.2. The molecule has 2 N–H and O–H groups in total. The molecule has 0 amide bonds. The first kappa shape index (κ1) is 15.3. The minimum Gasteiger partial charge on any atom is -0.395 e. The van der Waals surface area contributed by atoms with Crippen molar-refractivity contribution in [3.63, 3.8) is 0 Å². The van der Waals surface area contributed by atoms with E-state index in [2.05, 4.69) is 5.32 Å². The van der Waals surface area contributed by atoms with Crippen LogP contribution in [-0.4, -0.2) is 43.6 Å². The van der Waals surface area contributed by atoms with Gasteiger partial charge >= 0.3 is 0 Å². The van der Waals surface area contributed by atoms with Crippen LogP contribution >= 0.6 is 0 Å². The second-order valence-electron chi connectivity index (χ2n) is 5.28. The van der Waals surface area contributed by atoms with Gasteiger partial charge in [0.05, 0.1) is 11.5 Å². The van der Waals surface area contributed by atoms with Gasteiger partial charge in [0.2, 0.25) is 10.0 Å². The third-order valence-corrected chi connectivity index (χ3v) is 5.59. The van der Waals surface area contributed by atoms with E-state index in [0.29, 0.717) is 0 Å². The molecular weight excluding hydrogens is 276 g/mol. The van der Waals surface area contributed by atoms with Gasteiger partial charge in [-0.15, -0.1) is 0 Å². The van der Waals surface area contributed by atoms with E-state index in [1.54, 1.807) is 12.1 Å². The first-order chi connectivity index (χ1) is 9.46. The van der Waals surface area contributed by atoms with Crippen LogP contribution in [0.2, 0.25) is 0 Å². The second-order valence-corrected chi connectivity index (χ2v) is 7.17. The Morgan fingerprint density at radius 1 is 1.40 bits per heavy atom. The molecule has 0 saturated carbocycles. The number of aryl methyl sites for hydroxylation is 1. The van der Waals surface area contributed by atoms with Gasteiger partial charge in [-0.05, 0) is 44.4 Å². The highest BCUT2D eigenvalue weighted by Crippen LogP contribution is 2.27. The third-order valence-electron chi connectivity index (χ3n) is 3.52. The average Bonchev–Trinajstić information content (AvgIpc) is 2.43. The Hall–Kier alpha value is -1.11. The Bertz CT molecular complexity index is 570. The summed E-state index contributed by atoms with van der Waals surface area (Å²) in [5.41, 5.74) is 2.07. The number of aliphatic hydroxyl groups is 1. The van der Waals surface area contributed by atoms with Crippen molar-refractivity contribution in [3.8, 4) is 0 Å². The summed E-state index contributed by atoms with van der Waals surface area (Å²) < 4.78 is 26.6. The summed E-state index contributed by atoms with van der Waals surface area (Å²) in [4.78, 5) is 0.285. The molecule has 0 unspecified atom stereocenters. The molecule has 0 saturated heterocycles. The molecule has 1 aliphatic heterocycles. The van der Waals surface area contributed by atoms with E-state index in [0.717, 1.165) is 30.6 Å². The van der Waals surface area contributed by atoms with Crippen LogP contribution in [0.4, 0.5) is 5.69 Å². The molecule has 112 valence electrons. The zero-order valence-electron chi connectivity index (χ0n) is 12.0. The standard InChI is InChI=1S/C14H22N2O3S/c1-11(2)16(8-9-17)20(18,19)13-6-5-12-4-3-7-15-14(12)10-13/h5-6,10-11,15,17H,3-4,7-9H2,1-2H3. The number of rotatable bonds is 5. The second kappa shape index (κ2) is 6.11. The monoisotopic (exact) mass is 298 g/mol. The molecule has 6 heteroatoms. The minimum atomic E-state index is -3.56. The van der Waals surface area contributed by atoms with Crippen LogP contribution in [0.25, 0.3) is 0 Å². The van der Waals surface area contributed by atoms with Crippen molar-refractivity contribution < 1.29 is 13.5 Å². The number of benzene rings is 1. The van der Waals surface area contributed by atoms with Crippen molar-refractivity contribution in [1.29, 1.82) is 0 Å². The highest BCUT2D eigenvalue weighted by molar-refractivity contribution is 7.89. The number of hydrogen-bond donors (Lipinski definition) is 2. The highest BCUT2D eigenvalue weighted by Gasteiger charge is 2.27. The van der Waals surface area contributed by atoms with E-state index < -0.39 is 10.0 Å². The molecule has 5 nitrogen and oxygen atoms in total. The Kier molecular flexibility index (Phi) is 4.67. The lowest BCUT2D eigenvalue weighted by molar-refractivity contribution is 0.236. The fourth-order valence-corrected chi connectivity index (χ4v) is 4.15. The number of nitrogens with zero attached hydrogens (tertiary/aromatic N) is 1. The Morgan fingerprint density at radius 2 is 2.15 bits per heavy atom. The third kappa shape index (κ3) is 2.97. The maximum Gasteiger partial charge on any atom is 0.243 e. The van der Waals surface area contributed by atoms with Crippen molar-refractivity contribution in [2.75, 3.05) is 25.0 Å². The zero-order valence-corrected chi connectivity index (χ0v) is 12.8. The maximum atomic E-state index is 12.6. The Balaban J connectivity index is 2.38. The molecule has 1 aromatic rings. The molecule has 0 aromatic heterocycles. The van der Waals surface area contributed by atoms with Gasteiger partial charge in [0, 0.05) is 24.8 Å². The molecule has 0 radical (unpaired) electrons. The molecule has 20 heavy (non-hydrogen) atoms. The van der Waals surface area contributed by atoms with E-state index in [9.17, 15) is 8.42 Å². The Labute approximate surface area is 120 Å². The summed E-state index contributed by atoms with van der Waals surface area (Å²) in [6, 6.07) is 5.06. The Morgan fingerprint density at radius 3 is 2.80 bits per heavy atom. The van der Waals surface area contributed by atoms with Crippen LogP contribution in [0.1, 0.15) is 25.8 Å². The molecule has 0 spiro atoms.